The summed E-state index contributed by atoms with van der Waals surface area (Å²) in [4.78, 5) is 0. The van der Waals surface area contributed by atoms with Crippen molar-refractivity contribution in [3.05, 3.63) is 121 Å². The van der Waals surface area contributed by atoms with Crippen molar-refractivity contribution < 1.29 is 0 Å². The van der Waals surface area contributed by atoms with Crippen molar-refractivity contribution in [3.63, 3.8) is 0 Å². The zero-order chi connectivity index (χ0) is 20.6. The van der Waals surface area contributed by atoms with Gasteiger partial charge in [-0.05, 0) is 58.1 Å². The Hall–Kier alpha value is -3.68. The van der Waals surface area contributed by atoms with E-state index < -0.39 is 0 Å². The molecule has 0 nitrogen and oxygen atoms in total. The third-order valence-electron chi connectivity index (χ3n) is 5.78. The number of rotatable bonds is 3. The molecule has 1 heteroatoms. The number of hydrogen-bond donors (Lipinski definition) is 0. The monoisotopic (exact) mass is 411 g/mol. The second-order valence-electron chi connectivity index (χ2n) is 7.72. The normalized spacial score (nSPS) is 11.2. The lowest BCUT2D eigenvalue weighted by Gasteiger charge is -2.09. The molecule has 1 aromatic heterocycles. The van der Waals surface area contributed by atoms with Crippen LogP contribution in [0.5, 0.6) is 0 Å². The summed E-state index contributed by atoms with van der Waals surface area (Å²) in [5.74, 6) is 0. The van der Waals surface area contributed by atoms with Crippen LogP contribution in [-0.2, 0) is 0 Å². The predicted molar refractivity (Wildman–Crippen MR) is 134 cm³/mol. The Morgan fingerprint density at radius 1 is 0.516 bits per heavy atom. The van der Waals surface area contributed by atoms with Gasteiger partial charge in [0.2, 0.25) is 0 Å². The molecular weight excluding hydrogens is 392 g/mol. The maximum atomic E-state index is 3.44. The van der Waals surface area contributed by atoms with Crippen LogP contribution in [0.3, 0.4) is 0 Å². The van der Waals surface area contributed by atoms with Crippen LogP contribution in [0.25, 0.3) is 53.6 Å². The zero-order valence-electron chi connectivity index (χ0n) is 16.9. The Morgan fingerprint density at radius 2 is 1.19 bits per heavy atom. The van der Waals surface area contributed by atoms with Crippen LogP contribution in [0.4, 0.5) is 0 Å². The van der Waals surface area contributed by atoms with Crippen molar-refractivity contribution in [2.45, 2.75) is 0 Å². The Morgan fingerprint density at radius 3 is 1.90 bits per heavy atom. The maximum absolute atomic E-state index is 3.44. The summed E-state index contributed by atoms with van der Waals surface area (Å²) >= 11 is 1.87. The van der Waals surface area contributed by atoms with Crippen molar-refractivity contribution >= 4 is 31.5 Å². The van der Waals surface area contributed by atoms with Gasteiger partial charge in [0.25, 0.3) is 0 Å². The molecule has 5 aromatic carbocycles. The van der Waals surface area contributed by atoms with Gasteiger partial charge in [-0.3, -0.25) is 0 Å². The molecule has 0 aliphatic heterocycles. The van der Waals surface area contributed by atoms with E-state index >= 15 is 0 Å². The molecule has 1 radical (unpaired) electrons. The van der Waals surface area contributed by atoms with Crippen LogP contribution < -0.4 is 0 Å². The topological polar surface area (TPSA) is 0 Å². The van der Waals surface area contributed by atoms with Gasteiger partial charge in [0.05, 0.1) is 0 Å². The van der Waals surface area contributed by atoms with Crippen LogP contribution in [0.2, 0.25) is 0 Å². The molecular formula is C30H19S. The Balaban J connectivity index is 1.67. The van der Waals surface area contributed by atoms with E-state index in [1.807, 2.05) is 23.5 Å². The third kappa shape index (κ3) is 3.24. The second-order valence-corrected chi connectivity index (χ2v) is 8.77. The zero-order valence-corrected chi connectivity index (χ0v) is 17.7. The summed E-state index contributed by atoms with van der Waals surface area (Å²) in [5.41, 5.74) is 7.37. The van der Waals surface area contributed by atoms with Gasteiger partial charge in [-0.1, -0.05) is 91.0 Å². The van der Waals surface area contributed by atoms with Crippen LogP contribution >= 0.6 is 11.3 Å². The quantitative estimate of drug-likeness (QED) is 0.273. The summed E-state index contributed by atoms with van der Waals surface area (Å²) in [6, 6.07) is 44.5. The lowest BCUT2D eigenvalue weighted by molar-refractivity contribution is 1.63. The van der Waals surface area contributed by atoms with Gasteiger partial charge in [-0.25, -0.2) is 0 Å². The molecule has 0 saturated carbocycles. The lowest BCUT2D eigenvalue weighted by Crippen LogP contribution is -1.83. The van der Waals surface area contributed by atoms with Gasteiger partial charge in [0, 0.05) is 25.7 Å². The summed E-state index contributed by atoms with van der Waals surface area (Å²) in [6.07, 6.45) is 0. The molecule has 0 spiro atoms. The molecule has 0 aliphatic carbocycles. The smallest absolute Gasteiger partial charge is 0.0434 e. The minimum atomic E-state index is 1.14. The van der Waals surface area contributed by atoms with E-state index in [0.29, 0.717) is 0 Å². The molecule has 0 N–H and O–H groups in total. The highest BCUT2D eigenvalue weighted by molar-refractivity contribution is 7.26. The minimum Gasteiger partial charge on any atom is -0.135 e. The second kappa shape index (κ2) is 7.54. The van der Waals surface area contributed by atoms with Crippen molar-refractivity contribution in [3.8, 4) is 33.4 Å². The average Bonchev–Trinajstić information content (AvgIpc) is 3.23. The molecule has 0 amide bonds. The van der Waals surface area contributed by atoms with Gasteiger partial charge in [0.1, 0.15) is 0 Å². The molecule has 31 heavy (non-hydrogen) atoms. The van der Waals surface area contributed by atoms with Crippen molar-refractivity contribution in [2.24, 2.45) is 0 Å². The largest absolute Gasteiger partial charge is 0.135 e. The molecule has 0 bridgehead atoms. The van der Waals surface area contributed by atoms with Gasteiger partial charge >= 0.3 is 0 Å². The molecule has 0 fully saturated rings. The molecule has 0 atom stereocenters. The standard InChI is InChI=1S/C30H19S/c1-4-10-21(11-5-1)24-16-17-29-27(18-24)28-20-25(22-12-6-2-7-13-22)19-26(30(28)31-29)23-14-8-3-9-15-23/h1-14,16-20H. The first kappa shape index (κ1) is 18.1. The van der Waals surface area contributed by atoms with E-state index in [0.717, 1.165) is 5.56 Å². The highest BCUT2D eigenvalue weighted by Gasteiger charge is 2.14. The Kier molecular flexibility index (Phi) is 4.40. The van der Waals surface area contributed by atoms with Gasteiger partial charge < -0.3 is 0 Å². The molecule has 6 rings (SSSR count). The van der Waals surface area contributed by atoms with Gasteiger partial charge in [-0.15, -0.1) is 11.3 Å². The summed E-state index contributed by atoms with van der Waals surface area (Å²) in [5, 5.41) is 2.63. The molecule has 0 saturated heterocycles. The van der Waals surface area contributed by atoms with E-state index in [1.54, 1.807) is 0 Å². The Labute approximate surface area is 186 Å². The first-order chi connectivity index (χ1) is 15.4. The number of fused-ring (bicyclic) bond motifs is 3. The van der Waals surface area contributed by atoms with Crippen LogP contribution in [0.1, 0.15) is 0 Å². The predicted octanol–water partition coefficient (Wildman–Crippen LogP) is 8.86. The SMILES string of the molecule is [c]1ccccc1-c1cc(-c2ccccc2)cc2c1sc1ccc(-c3ccccc3)cc12. The van der Waals surface area contributed by atoms with E-state index in [9.17, 15) is 0 Å². The van der Waals surface area contributed by atoms with Crippen molar-refractivity contribution in [2.75, 3.05) is 0 Å². The Bertz CT molecular complexity index is 1490. The third-order valence-corrected chi connectivity index (χ3v) is 7.00. The van der Waals surface area contributed by atoms with Crippen LogP contribution in [0, 0.1) is 6.07 Å². The van der Waals surface area contributed by atoms with E-state index in [4.69, 9.17) is 0 Å². The average molecular weight is 412 g/mol. The molecule has 0 unspecified atom stereocenters. The molecule has 145 valence electrons. The fourth-order valence-corrected chi connectivity index (χ4v) is 5.44. The molecule has 6 aromatic rings. The minimum absolute atomic E-state index is 1.14. The first-order valence-corrected chi connectivity index (χ1v) is 11.3. The van der Waals surface area contributed by atoms with E-state index in [-0.39, 0.29) is 0 Å². The summed E-state index contributed by atoms with van der Waals surface area (Å²) in [7, 11) is 0. The summed E-state index contributed by atoms with van der Waals surface area (Å²) in [6.45, 7) is 0. The number of thiophene rings is 1. The van der Waals surface area contributed by atoms with Gasteiger partial charge in [-0.2, -0.15) is 0 Å². The van der Waals surface area contributed by atoms with Crippen LogP contribution in [-0.4, -0.2) is 0 Å². The fourth-order valence-electron chi connectivity index (χ4n) is 4.25. The highest BCUT2D eigenvalue weighted by Crippen LogP contribution is 2.43. The van der Waals surface area contributed by atoms with Crippen LogP contribution in [0.15, 0.2) is 115 Å². The van der Waals surface area contributed by atoms with E-state index in [2.05, 4.69) is 109 Å². The molecule has 1 heterocycles. The van der Waals surface area contributed by atoms with E-state index in [1.165, 1.54) is 48.0 Å². The fraction of sp³-hybridized carbons (Fsp3) is 0. The molecule has 0 aliphatic rings. The highest BCUT2D eigenvalue weighted by atomic mass is 32.1. The number of benzene rings is 5. The summed E-state index contributed by atoms with van der Waals surface area (Å²) < 4.78 is 2.64. The maximum Gasteiger partial charge on any atom is 0.0434 e. The lowest BCUT2D eigenvalue weighted by atomic mass is 9.95. The first-order valence-electron chi connectivity index (χ1n) is 10.4. The van der Waals surface area contributed by atoms with Crippen molar-refractivity contribution in [1.82, 2.24) is 0 Å². The van der Waals surface area contributed by atoms with Gasteiger partial charge in [0.15, 0.2) is 0 Å². The number of hydrogen-bond acceptors (Lipinski definition) is 1. The van der Waals surface area contributed by atoms with Crippen molar-refractivity contribution in [1.29, 1.82) is 0 Å².